The van der Waals surface area contributed by atoms with Crippen molar-refractivity contribution in [2.24, 2.45) is 11.7 Å². The molecule has 0 aromatic carbocycles. The van der Waals surface area contributed by atoms with Crippen LogP contribution in [-0.2, 0) is 4.79 Å². The zero-order valence-corrected chi connectivity index (χ0v) is 11.5. The minimum atomic E-state index is -0.494. The first-order valence-corrected chi connectivity index (χ1v) is 6.67. The minimum Gasteiger partial charge on any atom is -0.320 e. The van der Waals surface area contributed by atoms with Gasteiger partial charge in [-0.1, -0.05) is 45.5 Å². The van der Waals surface area contributed by atoms with Gasteiger partial charge in [-0.2, -0.15) is 0 Å². The summed E-state index contributed by atoms with van der Waals surface area (Å²) >= 11 is 1.40. The molecule has 5 nitrogen and oxygen atoms in total. The number of nitrogens with zero attached hydrogens (tertiary/aromatic N) is 2. The molecule has 17 heavy (non-hydrogen) atoms. The zero-order valence-electron chi connectivity index (χ0n) is 10.7. The van der Waals surface area contributed by atoms with E-state index >= 15 is 0 Å². The van der Waals surface area contributed by atoms with Gasteiger partial charge in [-0.3, -0.25) is 10.1 Å². The van der Waals surface area contributed by atoms with E-state index in [-0.39, 0.29) is 11.8 Å². The average Bonchev–Trinajstić information content (AvgIpc) is 2.75. The van der Waals surface area contributed by atoms with Crippen molar-refractivity contribution >= 4 is 22.4 Å². The molecule has 1 amide bonds. The Kier molecular flexibility index (Phi) is 5.02. The highest BCUT2D eigenvalue weighted by Crippen LogP contribution is 2.22. The fraction of sp³-hybridized carbons (Fsp3) is 0.727. The number of rotatable bonds is 5. The Morgan fingerprint density at radius 1 is 1.41 bits per heavy atom. The highest BCUT2D eigenvalue weighted by molar-refractivity contribution is 7.15. The van der Waals surface area contributed by atoms with Gasteiger partial charge >= 0.3 is 0 Å². The van der Waals surface area contributed by atoms with E-state index in [1.165, 1.54) is 11.3 Å². The maximum atomic E-state index is 11.8. The Morgan fingerprint density at radius 2 is 2.06 bits per heavy atom. The van der Waals surface area contributed by atoms with E-state index in [1.54, 1.807) is 0 Å². The van der Waals surface area contributed by atoms with Crippen LogP contribution in [0.1, 0.15) is 45.0 Å². The van der Waals surface area contributed by atoms with Gasteiger partial charge in [0.25, 0.3) is 0 Å². The van der Waals surface area contributed by atoms with Gasteiger partial charge in [0.2, 0.25) is 11.0 Å². The maximum Gasteiger partial charge on any atom is 0.243 e. The van der Waals surface area contributed by atoms with Gasteiger partial charge in [0.1, 0.15) is 5.01 Å². The van der Waals surface area contributed by atoms with Crippen LogP contribution >= 0.6 is 11.3 Å². The molecule has 2 unspecified atom stereocenters. The topological polar surface area (TPSA) is 80.9 Å². The number of carbonyl (C=O) groups is 1. The van der Waals surface area contributed by atoms with E-state index < -0.39 is 6.04 Å². The van der Waals surface area contributed by atoms with Crippen LogP contribution in [0.3, 0.4) is 0 Å². The third-order valence-corrected chi connectivity index (χ3v) is 3.86. The van der Waals surface area contributed by atoms with Gasteiger partial charge in [0.15, 0.2) is 0 Å². The number of carbonyl (C=O) groups excluding carboxylic acids is 1. The molecule has 0 saturated heterocycles. The molecule has 0 bridgehead atoms. The Hall–Kier alpha value is -1.01. The Bertz CT molecular complexity index is 377. The van der Waals surface area contributed by atoms with Crippen molar-refractivity contribution in [3.8, 4) is 0 Å². The van der Waals surface area contributed by atoms with Crippen LogP contribution in [0.15, 0.2) is 0 Å². The molecule has 3 N–H and O–H groups in total. The minimum absolute atomic E-state index is 0.160. The van der Waals surface area contributed by atoms with Crippen molar-refractivity contribution in [1.82, 2.24) is 10.2 Å². The third-order valence-electron chi connectivity index (χ3n) is 2.72. The standard InChI is InChI=1S/C11H20N4OS/c1-5-7(4)8(12)9(16)13-11-15-14-10(17-11)6(2)3/h6-8H,5,12H2,1-4H3,(H,13,15,16). The van der Waals surface area contributed by atoms with Gasteiger partial charge in [-0.25, -0.2) is 0 Å². The van der Waals surface area contributed by atoms with Crippen LogP contribution in [0.5, 0.6) is 0 Å². The first-order valence-electron chi connectivity index (χ1n) is 5.85. The molecule has 0 radical (unpaired) electrons. The summed E-state index contributed by atoms with van der Waals surface area (Å²) < 4.78 is 0. The lowest BCUT2D eigenvalue weighted by Crippen LogP contribution is -2.40. The second kappa shape index (κ2) is 6.07. The van der Waals surface area contributed by atoms with Crippen LogP contribution < -0.4 is 11.1 Å². The van der Waals surface area contributed by atoms with Crippen molar-refractivity contribution in [3.05, 3.63) is 5.01 Å². The van der Waals surface area contributed by atoms with E-state index in [0.717, 1.165) is 11.4 Å². The fourth-order valence-electron chi connectivity index (χ4n) is 1.22. The van der Waals surface area contributed by atoms with Crippen LogP contribution in [0.2, 0.25) is 0 Å². The number of hydrogen-bond acceptors (Lipinski definition) is 5. The van der Waals surface area contributed by atoms with Crippen LogP contribution in [0.25, 0.3) is 0 Å². The van der Waals surface area contributed by atoms with Crippen molar-refractivity contribution < 1.29 is 4.79 Å². The molecule has 1 rings (SSSR count). The third kappa shape index (κ3) is 3.74. The largest absolute Gasteiger partial charge is 0.320 e. The molecule has 0 aliphatic rings. The molecule has 6 heteroatoms. The molecule has 2 atom stereocenters. The summed E-state index contributed by atoms with van der Waals surface area (Å²) in [6.07, 6.45) is 0.877. The predicted octanol–water partition coefficient (Wildman–Crippen LogP) is 1.97. The second-order valence-corrected chi connectivity index (χ2v) is 5.51. The summed E-state index contributed by atoms with van der Waals surface area (Å²) in [5.74, 6) is 0.291. The quantitative estimate of drug-likeness (QED) is 0.844. The summed E-state index contributed by atoms with van der Waals surface area (Å²) in [7, 11) is 0. The monoisotopic (exact) mass is 256 g/mol. The molecular weight excluding hydrogens is 236 g/mol. The highest BCUT2D eigenvalue weighted by Gasteiger charge is 2.20. The lowest BCUT2D eigenvalue weighted by atomic mass is 10.00. The Balaban J connectivity index is 2.61. The van der Waals surface area contributed by atoms with Crippen molar-refractivity contribution in [1.29, 1.82) is 0 Å². The fourth-order valence-corrected chi connectivity index (χ4v) is 1.97. The van der Waals surface area contributed by atoms with E-state index in [4.69, 9.17) is 5.73 Å². The van der Waals surface area contributed by atoms with Gasteiger partial charge in [-0.05, 0) is 5.92 Å². The molecule has 1 aromatic heterocycles. The summed E-state index contributed by atoms with van der Waals surface area (Å²) in [6, 6.07) is -0.494. The highest BCUT2D eigenvalue weighted by atomic mass is 32.1. The molecule has 1 heterocycles. The molecule has 0 fully saturated rings. The number of nitrogens with one attached hydrogen (secondary N) is 1. The molecule has 1 aromatic rings. The van der Waals surface area contributed by atoms with Gasteiger partial charge < -0.3 is 5.73 Å². The molecule has 0 aliphatic carbocycles. The maximum absolute atomic E-state index is 11.8. The summed E-state index contributed by atoms with van der Waals surface area (Å²) in [5.41, 5.74) is 5.83. The van der Waals surface area contributed by atoms with Gasteiger partial charge in [0.05, 0.1) is 6.04 Å². The van der Waals surface area contributed by atoms with Gasteiger partial charge in [-0.15, -0.1) is 10.2 Å². The first-order chi connectivity index (χ1) is 7.95. The zero-order chi connectivity index (χ0) is 13.0. The lowest BCUT2D eigenvalue weighted by molar-refractivity contribution is -0.118. The lowest BCUT2D eigenvalue weighted by Gasteiger charge is -2.16. The molecule has 0 saturated carbocycles. The normalized spacial score (nSPS) is 14.7. The SMILES string of the molecule is CCC(C)C(N)C(=O)Nc1nnc(C(C)C)s1. The van der Waals surface area contributed by atoms with Crippen molar-refractivity contribution in [2.75, 3.05) is 5.32 Å². The van der Waals surface area contributed by atoms with Crippen molar-refractivity contribution in [3.63, 3.8) is 0 Å². The van der Waals surface area contributed by atoms with E-state index in [1.807, 2.05) is 27.7 Å². The Morgan fingerprint density at radius 3 is 2.53 bits per heavy atom. The van der Waals surface area contributed by atoms with E-state index in [2.05, 4.69) is 15.5 Å². The summed E-state index contributed by atoms with van der Waals surface area (Å²) in [6.45, 7) is 8.05. The number of anilines is 1. The van der Waals surface area contributed by atoms with E-state index in [9.17, 15) is 4.79 Å². The smallest absolute Gasteiger partial charge is 0.243 e. The van der Waals surface area contributed by atoms with E-state index in [0.29, 0.717) is 11.0 Å². The van der Waals surface area contributed by atoms with Crippen LogP contribution in [0, 0.1) is 5.92 Å². The number of aromatic nitrogens is 2. The molecule has 96 valence electrons. The second-order valence-electron chi connectivity index (χ2n) is 4.50. The predicted molar refractivity (Wildman–Crippen MR) is 70.1 cm³/mol. The number of hydrogen-bond donors (Lipinski definition) is 2. The first kappa shape index (κ1) is 14.1. The summed E-state index contributed by atoms with van der Waals surface area (Å²) in [5, 5.41) is 12.1. The summed E-state index contributed by atoms with van der Waals surface area (Å²) in [4.78, 5) is 11.8. The molecule has 0 spiro atoms. The molecule has 0 aliphatic heterocycles. The average molecular weight is 256 g/mol. The number of nitrogens with two attached hydrogens (primary N) is 1. The van der Waals surface area contributed by atoms with Gasteiger partial charge in [0, 0.05) is 5.92 Å². The van der Waals surface area contributed by atoms with Crippen LogP contribution in [-0.4, -0.2) is 22.1 Å². The number of amides is 1. The molecular formula is C11H20N4OS. The van der Waals surface area contributed by atoms with Crippen molar-refractivity contribution in [2.45, 2.75) is 46.1 Å². The van der Waals surface area contributed by atoms with Crippen LogP contribution in [0.4, 0.5) is 5.13 Å². The Labute approximate surface area is 106 Å².